The largest absolute Gasteiger partial charge is 0.351 e. The molecule has 1 saturated heterocycles. The van der Waals surface area contributed by atoms with Crippen molar-refractivity contribution in [2.75, 3.05) is 13.1 Å². The van der Waals surface area contributed by atoms with Crippen molar-refractivity contribution in [3.8, 4) is 0 Å². The van der Waals surface area contributed by atoms with Gasteiger partial charge in [0.2, 0.25) is 0 Å². The standard InChI is InChI=1S/C10H14N2O/c1-3-4-9-5-6-12(10(11)13)7-8(9)2/h3-4H,1-2,5-7H2,(H2,11,13)/b9-4-. The van der Waals surface area contributed by atoms with Crippen LogP contribution in [0.2, 0.25) is 0 Å². The first-order chi connectivity index (χ1) is 6.15. The Morgan fingerprint density at radius 2 is 2.31 bits per heavy atom. The normalized spacial score (nSPS) is 20.5. The van der Waals surface area contributed by atoms with Crippen molar-refractivity contribution >= 4 is 6.03 Å². The zero-order valence-corrected chi connectivity index (χ0v) is 7.62. The van der Waals surface area contributed by atoms with Crippen LogP contribution < -0.4 is 5.73 Å². The summed E-state index contributed by atoms with van der Waals surface area (Å²) in [7, 11) is 0. The number of carbonyl (C=O) groups excluding carboxylic acids is 1. The number of rotatable bonds is 1. The predicted octanol–water partition coefficient (Wildman–Crippen LogP) is 1.44. The monoisotopic (exact) mass is 178 g/mol. The lowest BCUT2D eigenvalue weighted by Crippen LogP contribution is -2.40. The van der Waals surface area contributed by atoms with Crippen LogP contribution in [0, 0.1) is 0 Å². The number of carbonyl (C=O) groups is 1. The lowest BCUT2D eigenvalue weighted by molar-refractivity contribution is 0.210. The molecule has 13 heavy (non-hydrogen) atoms. The molecule has 0 aromatic carbocycles. The van der Waals surface area contributed by atoms with E-state index in [2.05, 4.69) is 13.2 Å². The van der Waals surface area contributed by atoms with Gasteiger partial charge in [-0.25, -0.2) is 4.79 Å². The Balaban J connectivity index is 2.67. The van der Waals surface area contributed by atoms with Crippen LogP contribution >= 0.6 is 0 Å². The van der Waals surface area contributed by atoms with Gasteiger partial charge in [-0.05, 0) is 17.6 Å². The molecule has 0 saturated carbocycles. The van der Waals surface area contributed by atoms with Crippen LogP contribution in [0.25, 0.3) is 0 Å². The Bertz CT molecular complexity index is 279. The van der Waals surface area contributed by atoms with Crippen LogP contribution in [-0.2, 0) is 0 Å². The summed E-state index contributed by atoms with van der Waals surface area (Å²) in [4.78, 5) is 12.4. The maximum atomic E-state index is 10.8. The van der Waals surface area contributed by atoms with E-state index < -0.39 is 0 Å². The number of urea groups is 1. The minimum atomic E-state index is -0.376. The van der Waals surface area contributed by atoms with Gasteiger partial charge >= 0.3 is 6.03 Å². The molecule has 1 heterocycles. The van der Waals surface area contributed by atoms with Crippen molar-refractivity contribution < 1.29 is 4.79 Å². The van der Waals surface area contributed by atoms with E-state index in [1.807, 2.05) is 6.08 Å². The maximum Gasteiger partial charge on any atom is 0.315 e. The van der Waals surface area contributed by atoms with Gasteiger partial charge in [-0.15, -0.1) is 0 Å². The van der Waals surface area contributed by atoms with Crippen molar-refractivity contribution in [1.29, 1.82) is 0 Å². The number of amides is 2. The number of primary amides is 1. The second-order valence-corrected chi connectivity index (χ2v) is 3.04. The minimum Gasteiger partial charge on any atom is -0.351 e. The Morgan fingerprint density at radius 1 is 1.62 bits per heavy atom. The van der Waals surface area contributed by atoms with Crippen molar-refractivity contribution in [3.05, 3.63) is 36.5 Å². The third-order valence-corrected chi connectivity index (χ3v) is 2.12. The van der Waals surface area contributed by atoms with Crippen LogP contribution in [0.5, 0.6) is 0 Å². The molecule has 2 N–H and O–H groups in total. The van der Waals surface area contributed by atoms with Crippen LogP contribution in [0.15, 0.2) is 36.5 Å². The van der Waals surface area contributed by atoms with Crippen molar-refractivity contribution in [2.24, 2.45) is 5.73 Å². The number of piperidine rings is 1. The molecule has 1 rings (SSSR count). The first kappa shape index (κ1) is 9.58. The Hall–Kier alpha value is -1.51. The molecule has 0 unspecified atom stereocenters. The first-order valence-electron chi connectivity index (χ1n) is 4.19. The average molecular weight is 178 g/mol. The molecule has 0 aliphatic carbocycles. The zero-order chi connectivity index (χ0) is 9.84. The Morgan fingerprint density at radius 3 is 2.77 bits per heavy atom. The lowest BCUT2D eigenvalue weighted by atomic mass is 9.99. The fraction of sp³-hybridized carbons (Fsp3) is 0.300. The number of nitrogens with two attached hydrogens (primary N) is 1. The first-order valence-corrected chi connectivity index (χ1v) is 4.19. The Kier molecular flexibility index (Phi) is 2.90. The van der Waals surface area contributed by atoms with E-state index in [9.17, 15) is 4.79 Å². The number of hydrogen-bond acceptors (Lipinski definition) is 1. The van der Waals surface area contributed by atoms with E-state index >= 15 is 0 Å². The van der Waals surface area contributed by atoms with Crippen molar-refractivity contribution in [1.82, 2.24) is 4.90 Å². The van der Waals surface area contributed by atoms with E-state index in [-0.39, 0.29) is 6.03 Å². The molecule has 1 fully saturated rings. The van der Waals surface area contributed by atoms with Crippen LogP contribution in [0.4, 0.5) is 4.79 Å². The summed E-state index contributed by atoms with van der Waals surface area (Å²) in [6, 6.07) is -0.376. The predicted molar refractivity (Wildman–Crippen MR) is 53.2 cm³/mol. The third-order valence-electron chi connectivity index (χ3n) is 2.12. The quantitative estimate of drug-likeness (QED) is 0.648. The highest BCUT2D eigenvalue weighted by Crippen LogP contribution is 2.20. The third kappa shape index (κ3) is 2.21. The molecular formula is C10H14N2O. The highest BCUT2D eigenvalue weighted by Gasteiger charge is 2.18. The van der Waals surface area contributed by atoms with Gasteiger partial charge in [0.05, 0.1) is 0 Å². The molecule has 2 amide bonds. The van der Waals surface area contributed by atoms with Gasteiger partial charge in [0, 0.05) is 13.1 Å². The smallest absolute Gasteiger partial charge is 0.315 e. The summed E-state index contributed by atoms with van der Waals surface area (Å²) in [6.07, 6.45) is 4.48. The number of allylic oxidation sites excluding steroid dienone is 2. The van der Waals surface area contributed by atoms with E-state index in [4.69, 9.17) is 5.73 Å². The zero-order valence-electron chi connectivity index (χ0n) is 7.62. The summed E-state index contributed by atoms with van der Waals surface area (Å²) in [6.45, 7) is 8.71. The molecule has 0 spiro atoms. The van der Waals surface area contributed by atoms with Crippen LogP contribution in [0.1, 0.15) is 6.42 Å². The molecule has 1 aliphatic rings. The molecule has 0 aromatic heterocycles. The summed E-state index contributed by atoms with van der Waals surface area (Å²) >= 11 is 0. The summed E-state index contributed by atoms with van der Waals surface area (Å²) in [5.41, 5.74) is 7.26. The molecule has 0 atom stereocenters. The lowest BCUT2D eigenvalue weighted by Gasteiger charge is -2.28. The molecule has 3 heteroatoms. The van der Waals surface area contributed by atoms with Gasteiger partial charge in [-0.2, -0.15) is 0 Å². The fourth-order valence-electron chi connectivity index (χ4n) is 1.37. The maximum absolute atomic E-state index is 10.8. The minimum absolute atomic E-state index is 0.376. The molecule has 1 aliphatic heterocycles. The number of hydrogen-bond donors (Lipinski definition) is 1. The van der Waals surface area contributed by atoms with E-state index in [1.54, 1.807) is 11.0 Å². The molecular weight excluding hydrogens is 164 g/mol. The van der Waals surface area contributed by atoms with Crippen molar-refractivity contribution in [3.63, 3.8) is 0 Å². The summed E-state index contributed by atoms with van der Waals surface area (Å²) < 4.78 is 0. The van der Waals surface area contributed by atoms with Crippen molar-refractivity contribution in [2.45, 2.75) is 6.42 Å². The van der Waals surface area contributed by atoms with Gasteiger partial charge in [0.15, 0.2) is 0 Å². The molecule has 0 aromatic rings. The highest BCUT2D eigenvalue weighted by molar-refractivity contribution is 5.73. The second-order valence-electron chi connectivity index (χ2n) is 3.04. The topological polar surface area (TPSA) is 46.3 Å². The number of nitrogens with zero attached hydrogens (tertiary/aromatic N) is 1. The van der Waals surface area contributed by atoms with Gasteiger partial charge in [0.25, 0.3) is 0 Å². The van der Waals surface area contributed by atoms with E-state index in [1.165, 1.54) is 0 Å². The highest BCUT2D eigenvalue weighted by atomic mass is 16.2. The fourth-order valence-corrected chi connectivity index (χ4v) is 1.37. The average Bonchev–Trinajstić information content (AvgIpc) is 2.08. The van der Waals surface area contributed by atoms with Crippen LogP contribution in [-0.4, -0.2) is 24.0 Å². The van der Waals surface area contributed by atoms with Gasteiger partial charge in [-0.1, -0.05) is 25.3 Å². The molecule has 0 bridgehead atoms. The second kappa shape index (κ2) is 3.94. The molecule has 0 radical (unpaired) electrons. The SMILES string of the molecule is C=C/C=C1/CCN(C(N)=O)CC1=C. The van der Waals surface area contributed by atoms with Gasteiger partial charge in [0.1, 0.15) is 0 Å². The van der Waals surface area contributed by atoms with Crippen LogP contribution in [0.3, 0.4) is 0 Å². The summed E-state index contributed by atoms with van der Waals surface area (Å²) in [5.74, 6) is 0. The van der Waals surface area contributed by atoms with Gasteiger partial charge < -0.3 is 10.6 Å². The molecule has 3 nitrogen and oxygen atoms in total. The van der Waals surface area contributed by atoms with E-state index in [0.717, 1.165) is 17.6 Å². The van der Waals surface area contributed by atoms with E-state index in [0.29, 0.717) is 13.1 Å². The summed E-state index contributed by atoms with van der Waals surface area (Å²) in [5, 5.41) is 0. The van der Waals surface area contributed by atoms with Gasteiger partial charge in [-0.3, -0.25) is 0 Å². The molecule has 70 valence electrons. The Labute approximate surface area is 78.2 Å². The number of likely N-dealkylation sites (tertiary alicyclic amines) is 1.